The zero-order valence-electron chi connectivity index (χ0n) is 17.3. The number of carbonyl (C=O) groups excluding carboxylic acids is 2. The van der Waals surface area contributed by atoms with Crippen LogP contribution in [0, 0.1) is 6.92 Å². The molecule has 0 unspecified atom stereocenters. The van der Waals surface area contributed by atoms with Gasteiger partial charge in [0, 0.05) is 17.5 Å². The average molecular weight is 439 g/mol. The summed E-state index contributed by atoms with van der Waals surface area (Å²) in [4.78, 5) is 30.3. The first-order chi connectivity index (χ1) is 15.0. The van der Waals surface area contributed by atoms with Gasteiger partial charge in [-0.15, -0.1) is 11.3 Å². The van der Waals surface area contributed by atoms with Gasteiger partial charge in [-0.2, -0.15) is 0 Å². The summed E-state index contributed by atoms with van der Waals surface area (Å²) in [5, 5.41) is 3.00. The second-order valence-electron chi connectivity index (χ2n) is 6.99. The second kappa shape index (κ2) is 9.18. The molecule has 31 heavy (non-hydrogen) atoms. The van der Waals surface area contributed by atoms with Crippen molar-refractivity contribution in [2.24, 2.45) is 0 Å². The summed E-state index contributed by atoms with van der Waals surface area (Å²) in [5.74, 6) is 0.877. The average Bonchev–Trinajstić information content (AvgIpc) is 3.23. The number of amides is 1. The van der Waals surface area contributed by atoms with Crippen molar-refractivity contribution in [2.45, 2.75) is 13.3 Å². The molecule has 3 aromatic rings. The molecule has 0 fully saturated rings. The van der Waals surface area contributed by atoms with Crippen molar-refractivity contribution in [2.75, 3.05) is 31.8 Å². The molecule has 0 atom stereocenters. The van der Waals surface area contributed by atoms with E-state index in [2.05, 4.69) is 9.72 Å². The number of benzene rings is 2. The topological polar surface area (TPSA) is 78.0 Å². The van der Waals surface area contributed by atoms with Gasteiger partial charge >= 0.3 is 5.97 Å². The summed E-state index contributed by atoms with van der Waals surface area (Å²) in [6.07, 6.45) is 0.643. The summed E-state index contributed by atoms with van der Waals surface area (Å²) < 4.78 is 16.0. The number of esters is 1. The van der Waals surface area contributed by atoms with Crippen LogP contribution in [0.2, 0.25) is 0 Å². The van der Waals surface area contributed by atoms with Gasteiger partial charge in [-0.3, -0.25) is 4.79 Å². The maximum absolute atomic E-state index is 12.5. The Morgan fingerprint density at radius 3 is 2.74 bits per heavy atom. The molecule has 1 amide bonds. The third kappa shape index (κ3) is 4.69. The fourth-order valence-electron chi connectivity index (χ4n) is 3.32. The fraction of sp³-hybridized carbons (Fsp3) is 0.261. The first-order valence-corrected chi connectivity index (χ1v) is 10.7. The molecule has 0 spiro atoms. The van der Waals surface area contributed by atoms with Crippen molar-refractivity contribution in [1.29, 1.82) is 0 Å². The standard InChI is InChI=1S/C23H22N2O5S/c1-15-24-19(14-31-15)17-6-9-21-20(12-17)25(22(26)13-30-21)10-3-11-29-18-7-4-16(5-8-18)23(27)28-2/h4-9,12,14H,3,10-11,13H2,1-2H3. The van der Waals surface area contributed by atoms with Crippen molar-refractivity contribution >= 4 is 28.9 Å². The van der Waals surface area contributed by atoms with E-state index in [0.29, 0.717) is 36.6 Å². The van der Waals surface area contributed by atoms with E-state index in [4.69, 9.17) is 9.47 Å². The molecular weight excluding hydrogens is 416 g/mol. The molecule has 0 aliphatic carbocycles. The fourth-order valence-corrected chi connectivity index (χ4v) is 3.94. The molecule has 8 heteroatoms. The molecule has 2 aromatic carbocycles. The van der Waals surface area contributed by atoms with E-state index in [1.807, 2.05) is 30.5 Å². The Morgan fingerprint density at radius 1 is 1.23 bits per heavy atom. The van der Waals surface area contributed by atoms with Crippen molar-refractivity contribution in [3.8, 4) is 22.8 Å². The van der Waals surface area contributed by atoms with E-state index < -0.39 is 0 Å². The number of anilines is 1. The zero-order valence-corrected chi connectivity index (χ0v) is 18.1. The molecule has 7 nitrogen and oxygen atoms in total. The Morgan fingerprint density at radius 2 is 2.03 bits per heavy atom. The number of nitrogens with zero attached hydrogens (tertiary/aromatic N) is 2. The van der Waals surface area contributed by atoms with Crippen molar-refractivity contribution < 1.29 is 23.8 Å². The van der Waals surface area contributed by atoms with Crippen LogP contribution in [-0.4, -0.2) is 43.7 Å². The summed E-state index contributed by atoms with van der Waals surface area (Å²) in [6, 6.07) is 12.6. The number of thiazole rings is 1. The van der Waals surface area contributed by atoms with Crippen LogP contribution in [0.5, 0.6) is 11.5 Å². The molecule has 0 saturated carbocycles. The molecule has 2 heterocycles. The zero-order chi connectivity index (χ0) is 21.8. The minimum absolute atomic E-state index is 0.0258. The first-order valence-electron chi connectivity index (χ1n) is 9.86. The summed E-state index contributed by atoms with van der Waals surface area (Å²) in [5.41, 5.74) is 3.06. The van der Waals surface area contributed by atoms with Gasteiger partial charge in [0.25, 0.3) is 5.91 Å². The Labute approximate surface area is 184 Å². The van der Waals surface area contributed by atoms with Gasteiger partial charge in [0.05, 0.1) is 35.7 Å². The highest BCUT2D eigenvalue weighted by Crippen LogP contribution is 2.36. The van der Waals surface area contributed by atoms with E-state index >= 15 is 0 Å². The van der Waals surface area contributed by atoms with Crippen LogP contribution in [0.1, 0.15) is 21.8 Å². The number of methoxy groups -OCH3 is 1. The third-order valence-corrected chi connectivity index (χ3v) is 5.66. The van der Waals surface area contributed by atoms with Crippen LogP contribution >= 0.6 is 11.3 Å². The lowest BCUT2D eigenvalue weighted by Crippen LogP contribution is -2.39. The predicted molar refractivity (Wildman–Crippen MR) is 118 cm³/mol. The van der Waals surface area contributed by atoms with Crippen molar-refractivity contribution in [1.82, 2.24) is 4.98 Å². The normalized spacial score (nSPS) is 12.8. The Hall–Kier alpha value is -3.39. The number of hydrogen-bond acceptors (Lipinski definition) is 7. The van der Waals surface area contributed by atoms with Gasteiger partial charge in [-0.1, -0.05) is 0 Å². The van der Waals surface area contributed by atoms with E-state index in [0.717, 1.165) is 22.0 Å². The van der Waals surface area contributed by atoms with E-state index in [1.54, 1.807) is 40.5 Å². The van der Waals surface area contributed by atoms with Crippen molar-refractivity contribution in [3.05, 3.63) is 58.4 Å². The monoisotopic (exact) mass is 438 g/mol. The van der Waals surface area contributed by atoms with Gasteiger partial charge in [-0.05, 0) is 55.8 Å². The lowest BCUT2D eigenvalue weighted by atomic mass is 10.1. The Balaban J connectivity index is 1.40. The minimum Gasteiger partial charge on any atom is -0.494 e. The summed E-state index contributed by atoms with van der Waals surface area (Å²) in [7, 11) is 1.35. The van der Waals surface area contributed by atoms with Gasteiger partial charge in [0.2, 0.25) is 0 Å². The van der Waals surface area contributed by atoms with Crippen LogP contribution < -0.4 is 14.4 Å². The molecule has 1 aromatic heterocycles. The first kappa shape index (κ1) is 20.9. The summed E-state index contributed by atoms with van der Waals surface area (Å²) >= 11 is 1.59. The second-order valence-corrected chi connectivity index (χ2v) is 8.05. The highest BCUT2D eigenvalue weighted by atomic mass is 32.1. The van der Waals surface area contributed by atoms with Crippen LogP contribution in [0.25, 0.3) is 11.3 Å². The maximum Gasteiger partial charge on any atom is 0.337 e. The quantitative estimate of drug-likeness (QED) is 0.408. The van der Waals surface area contributed by atoms with E-state index in [9.17, 15) is 9.59 Å². The van der Waals surface area contributed by atoms with Gasteiger partial charge in [0.1, 0.15) is 11.5 Å². The number of ether oxygens (including phenoxy) is 3. The molecule has 0 N–H and O–H groups in total. The lowest BCUT2D eigenvalue weighted by Gasteiger charge is -2.29. The predicted octanol–water partition coefficient (Wildman–Crippen LogP) is 4.10. The smallest absolute Gasteiger partial charge is 0.337 e. The van der Waals surface area contributed by atoms with Crippen LogP contribution in [0.3, 0.4) is 0 Å². The lowest BCUT2D eigenvalue weighted by molar-refractivity contribution is -0.121. The Kier molecular flexibility index (Phi) is 6.18. The minimum atomic E-state index is -0.386. The molecule has 4 rings (SSSR count). The number of carbonyl (C=O) groups is 2. The highest BCUT2D eigenvalue weighted by Gasteiger charge is 2.26. The molecule has 1 aliphatic heterocycles. The Bertz CT molecular complexity index is 1090. The van der Waals surface area contributed by atoms with Crippen molar-refractivity contribution in [3.63, 3.8) is 0 Å². The SMILES string of the molecule is COC(=O)c1ccc(OCCCN2C(=O)COc3ccc(-c4csc(C)n4)cc32)cc1. The number of rotatable bonds is 7. The van der Waals surface area contributed by atoms with Gasteiger partial charge < -0.3 is 19.1 Å². The number of aromatic nitrogens is 1. The van der Waals surface area contributed by atoms with E-state index in [-0.39, 0.29) is 18.5 Å². The van der Waals surface area contributed by atoms with Gasteiger partial charge in [-0.25, -0.2) is 9.78 Å². The third-order valence-electron chi connectivity index (χ3n) is 4.89. The number of hydrogen-bond donors (Lipinski definition) is 0. The molecule has 0 saturated heterocycles. The summed E-state index contributed by atoms with van der Waals surface area (Å²) in [6.45, 7) is 2.93. The molecule has 1 aliphatic rings. The number of aryl methyl sites for hydroxylation is 1. The van der Waals surface area contributed by atoms with Crippen LogP contribution in [0.15, 0.2) is 47.8 Å². The van der Waals surface area contributed by atoms with Crippen LogP contribution in [-0.2, 0) is 9.53 Å². The maximum atomic E-state index is 12.5. The van der Waals surface area contributed by atoms with Crippen LogP contribution in [0.4, 0.5) is 5.69 Å². The van der Waals surface area contributed by atoms with E-state index in [1.165, 1.54) is 7.11 Å². The molecular formula is C23H22N2O5S. The highest BCUT2D eigenvalue weighted by molar-refractivity contribution is 7.09. The molecule has 0 radical (unpaired) electrons. The van der Waals surface area contributed by atoms with Gasteiger partial charge in [0.15, 0.2) is 6.61 Å². The molecule has 160 valence electrons. The largest absolute Gasteiger partial charge is 0.494 e. The number of fused-ring (bicyclic) bond motifs is 1. The molecule has 0 bridgehead atoms.